The zero-order valence-electron chi connectivity index (χ0n) is 12.5. The maximum Gasteiger partial charge on any atom is 0.0494 e. The molecule has 0 N–H and O–H groups in total. The number of benzene rings is 1. The highest BCUT2D eigenvalue weighted by Gasteiger charge is 2.26. The van der Waals surface area contributed by atoms with Crippen molar-refractivity contribution in [1.29, 1.82) is 0 Å². The highest BCUT2D eigenvalue weighted by atomic mass is 79.9. The first-order valence-electron chi connectivity index (χ1n) is 8.11. The molecule has 0 unspecified atom stereocenters. The number of likely N-dealkylation sites (tertiary alicyclic amines) is 1. The largest absolute Gasteiger partial charge is 0.371 e. The summed E-state index contributed by atoms with van der Waals surface area (Å²) in [6.07, 6.45) is 6.79. The number of rotatable bonds is 3. The van der Waals surface area contributed by atoms with Crippen LogP contribution in [0, 0.1) is 0 Å². The molecule has 1 aromatic carbocycles. The molecular weight excluding hydrogens is 348 g/mol. The standard InChI is InChI=1S/C17H24BrClN2/c18-15-4-5-17(14(12-15)13-19)21-10-6-16(7-11-21)20-8-2-1-3-9-20/h4-5,12,16H,1-3,6-11,13H2. The molecular formula is C17H24BrClN2. The van der Waals surface area contributed by atoms with E-state index in [1.807, 2.05) is 0 Å². The smallest absolute Gasteiger partial charge is 0.0494 e. The van der Waals surface area contributed by atoms with E-state index in [-0.39, 0.29) is 0 Å². The van der Waals surface area contributed by atoms with Gasteiger partial charge in [-0.25, -0.2) is 0 Å². The van der Waals surface area contributed by atoms with Crippen LogP contribution in [0.25, 0.3) is 0 Å². The lowest BCUT2D eigenvalue weighted by atomic mass is 9.99. The molecule has 2 aliphatic rings. The summed E-state index contributed by atoms with van der Waals surface area (Å²) in [7, 11) is 0. The van der Waals surface area contributed by atoms with E-state index >= 15 is 0 Å². The zero-order valence-corrected chi connectivity index (χ0v) is 14.9. The van der Waals surface area contributed by atoms with Gasteiger partial charge in [-0.05, 0) is 62.5 Å². The summed E-state index contributed by atoms with van der Waals surface area (Å²) in [5.74, 6) is 0.584. The number of hydrogen-bond donors (Lipinski definition) is 0. The van der Waals surface area contributed by atoms with E-state index in [9.17, 15) is 0 Å². The topological polar surface area (TPSA) is 6.48 Å². The first-order valence-corrected chi connectivity index (χ1v) is 9.44. The van der Waals surface area contributed by atoms with Gasteiger partial charge in [0.2, 0.25) is 0 Å². The lowest BCUT2D eigenvalue weighted by Crippen LogP contribution is -2.46. The second-order valence-electron chi connectivity index (χ2n) is 6.22. The van der Waals surface area contributed by atoms with E-state index < -0.39 is 0 Å². The van der Waals surface area contributed by atoms with Crippen molar-refractivity contribution < 1.29 is 0 Å². The van der Waals surface area contributed by atoms with Crippen molar-refractivity contribution in [3.63, 3.8) is 0 Å². The molecule has 2 heterocycles. The normalized spacial score (nSPS) is 21.7. The van der Waals surface area contributed by atoms with Crippen LogP contribution in [0.3, 0.4) is 0 Å². The van der Waals surface area contributed by atoms with Crippen LogP contribution in [0.15, 0.2) is 22.7 Å². The summed E-state index contributed by atoms with van der Waals surface area (Å²) >= 11 is 9.66. The lowest BCUT2D eigenvalue weighted by Gasteiger charge is -2.41. The zero-order chi connectivity index (χ0) is 14.7. The third kappa shape index (κ3) is 3.75. The third-order valence-electron chi connectivity index (χ3n) is 4.90. The molecule has 0 saturated carbocycles. The van der Waals surface area contributed by atoms with E-state index in [4.69, 9.17) is 11.6 Å². The fourth-order valence-electron chi connectivity index (χ4n) is 3.73. The van der Waals surface area contributed by atoms with Gasteiger partial charge in [0.25, 0.3) is 0 Å². The number of anilines is 1. The summed E-state index contributed by atoms with van der Waals surface area (Å²) in [5, 5.41) is 0. The molecule has 0 amide bonds. The van der Waals surface area contributed by atoms with Gasteiger partial charge in [0, 0.05) is 35.2 Å². The molecule has 0 aromatic heterocycles. The second kappa shape index (κ2) is 7.34. The van der Waals surface area contributed by atoms with E-state index in [1.54, 1.807) is 0 Å². The molecule has 116 valence electrons. The minimum atomic E-state index is 0.584. The van der Waals surface area contributed by atoms with Crippen LogP contribution in [0.2, 0.25) is 0 Å². The molecule has 1 aromatic rings. The number of hydrogen-bond acceptors (Lipinski definition) is 2. The van der Waals surface area contributed by atoms with Crippen LogP contribution in [-0.2, 0) is 5.88 Å². The first-order chi connectivity index (χ1) is 10.3. The molecule has 2 aliphatic heterocycles. The Morgan fingerprint density at radius 2 is 1.76 bits per heavy atom. The van der Waals surface area contributed by atoms with Gasteiger partial charge in [-0.3, -0.25) is 0 Å². The van der Waals surface area contributed by atoms with Gasteiger partial charge in [-0.1, -0.05) is 22.4 Å². The Balaban J connectivity index is 1.62. The monoisotopic (exact) mass is 370 g/mol. The number of nitrogens with zero attached hydrogens (tertiary/aromatic N) is 2. The lowest BCUT2D eigenvalue weighted by molar-refractivity contribution is 0.141. The molecule has 0 atom stereocenters. The highest BCUT2D eigenvalue weighted by molar-refractivity contribution is 9.10. The maximum absolute atomic E-state index is 6.12. The van der Waals surface area contributed by atoms with E-state index in [0.717, 1.165) is 23.6 Å². The quantitative estimate of drug-likeness (QED) is 0.714. The molecule has 0 radical (unpaired) electrons. The van der Waals surface area contributed by atoms with Gasteiger partial charge >= 0.3 is 0 Å². The Morgan fingerprint density at radius 3 is 2.43 bits per heavy atom. The van der Waals surface area contributed by atoms with Crippen molar-refractivity contribution in [3.8, 4) is 0 Å². The van der Waals surface area contributed by atoms with Crippen molar-refractivity contribution in [2.75, 3.05) is 31.1 Å². The van der Waals surface area contributed by atoms with Crippen LogP contribution < -0.4 is 4.90 Å². The molecule has 2 saturated heterocycles. The summed E-state index contributed by atoms with van der Waals surface area (Å²) < 4.78 is 1.12. The van der Waals surface area contributed by atoms with Crippen molar-refractivity contribution in [3.05, 3.63) is 28.2 Å². The van der Waals surface area contributed by atoms with Gasteiger partial charge in [-0.2, -0.15) is 0 Å². The first kappa shape index (κ1) is 15.6. The molecule has 21 heavy (non-hydrogen) atoms. The Kier molecular flexibility index (Phi) is 5.47. The van der Waals surface area contributed by atoms with Crippen LogP contribution in [0.4, 0.5) is 5.69 Å². The van der Waals surface area contributed by atoms with Crippen molar-refractivity contribution in [1.82, 2.24) is 4.90 Å². The molecule has 3 rings (SSSR count). The number of alkyl halides is 1. The molecule has 0 spiro atoms. The van der Waals surface area contributed by atoms with Crippen LogP contribution in [-0.4, -0.2) is 37.1 Å². The Hall–Kier alpha value is -0.250. The fraction of sp³-hybridized carbons (Fsp3) is 0.647. The molecule has 4 heteroatoms. The van der Waals surface area contributed by atoms with Crippen LogP contribution >= 0.6 is 27.5 Å². The molecule has 2 nitrogen and oxygen atoms in total. The minimum Gasteiger partial charge on any atom is -0.371 e. The van der Waals surface area contributed by atoms with Crippen molar-refractivity contribution in [2.45, 2.75) is 44.0 Å². The SMILES string of the molecule is ClCc1cc(Br)ccc1N1CCC(N2CCCCC2)CC1. The van der Waals surface area contributed by atoms with Gasteiger partial charge in [0.1, 0.15) is 0 Å². The molecule has 0 aliphatic carbocycles. The highest BCUT2D eigenvalue weighted by Crippen LogP contribution is 2.30. The third-order valence-corrected chi connectivity index (χ3v) is 5.68. The van der Waals surface area contributed by atoms with Crippen LogP contribution in [0.5, 0.6) is 0 Å². The second-order valence-corrected chi connectivity index (χ2v) is 7.40. The van der Waals surface area contributed by atoms with Gasteiger partial charge < -0.3 is 9.80 Å². The summed E-state index contributed by atoms with van der Waals surface area (Å²) in [6.45, 7) is 4.95. The minimum absolute atomic E-state index is 0.584. The maximum atomic E-state index is 6.12. The molecule has 0 bridgehead atoms. The van der Waals surface area contributed by atoms with Crippen molar-refractivity contribution in [2.24, 2.45) is 0 Å². The van der Waals surface area contributed by atoms with Gasteiger partial charge in [0.15, 0.2) is 0 Å². The Bertz CT molecular complexity index is 466. The van der Waals surface area contributed by atoms with Crippen LogP contribution in [0.1, 0.15) is 37.7 Å². The van der Waals surface area contributed by atoms with Crippen molar-refractivity contribution >= 4 is 33.2 Å². The average Bonchev–Trinajstić information content (AvgIpc) is 2.56. The predicted molar refractivity (Wildman–Crippen MR) is 94.4 cm³/mol. The Morgan fingerprint density at radius 1 is 1.05 bits per heavy atom. The predicted octanol–water partition coefficient (Wildman–Crippen LogP) is 4.64. The fourth-order valence-corrected chi connectivity index (χ4v) is 4.35. The summed E-state index contributed by atoms with van der Waals surface area (Å²) in [5.41, 5.74) is 2.56. The van der Waals surface area contributed by atoms with E-state index in [1.165, 1.54) is 56.4 Å². The summed E-state index contributed by atoms with van der Waals surface area (Å²) in [6, 6.07) is 7.29. The van der Waals surface area contributed by atoms with E-state index in [0.29, 0.717) is 5.88 Å². The Labute approximate surface area is 141 Å². The molecule has 2 fully saturated rings. The number of piperidine rings is 2. The van der Waals surface area contributed by atoms with Gasteiger partial charge in [-0.15, -0.1) is 11.6 Å². The van der Waals surface area contributed by atoms with E-state index in [2.05, 4.69) is 43.9 Å². The summed E-state index contributed by atoms with van der Waals surface area (Å²) in [4.78, 5) is 5.25. The van der Waals surface area contributed by atoms with Gasteiger partial charge in [0.05, 0.1) is 0 Å². The average molecular weight is 372 g/mol. The number of halogens is 2.